The molecule has 0 spiro atoms. The van der Waals surface area contributed by atoms with Crippen LogP contribution in [-0.4, -0.2) is 50.4 Å². The van der Waals surface area contributed by atoms with Gasteiger partial charge in [0.05, 0.1) is 24.3 Å². The Kier molecular flexibility index (Phi) is 5.06. The molecule has 1 aromatic rings. The Hall–Kier alpha value is -1.34. The van der Waals surface area contributed by atoms with Crippen LogP contribution >= 0.6 is 0 Å². The van der Waals surface area contributed by atoms with E-state index in [0.29, 0.717) is 13.0 Å². The van der Waals surface area contributed by atoms with E-state index < -0.39 is 9.84 Å². The van der Waals surface area contributed by atoms with Crippen LogP contribution in [0.2, 0.25) is 0 Å². The zero-order chi connectivity index (χ0) is 16.3. The van der Waals surface area contributed by atoms with Crippen LogP contribution in [0.4, 0.5) is 0 Å². The van der Waals surface area contributed by atoms with E-state index >= 15 is 0 Å². The second-order valence-electron chi connectivity index (χ2n) is 6.64. The van der Waals surface area contributed by atoms with Gasteiger partial charge in [-0.05, 0) is 50.4 Å². The van der Waals surface area contributed by atoms with E-state index in [2.05, 4.69) is 10.2 Å². The minimum atomic E-state index is -2.87. The van der Waals surface area contributed by atoms with E-state index in [9.17, 15) is 13.2 Å². The van der Waals surface area contributed by atoms with Gasteiger partial charge in [-0.1, -0.05) is 0 Å². The molecule has 1 atom stereocenters. The van der Waals surface area contributed by atoms with Gasteiger partial charge in [-0.3, -0.25) is 9.69 Å². The fourth-order valence-corrected chi connectivity index (χ4v) is 5.26. The van der Waals surface area contributed by atoms with E-state index in [-0.39, 0.29) is 29.2 Å². The number of carbonyl (C=O) groups excluding carboxylic acids is 1. The Morgan fingerprint density at radius 2 is 2.09 bits per heavy atom. The van der Waals surface area contributed by atoms with Crippen LogP contribution in [0.25, 0.3) is 0 Å². The summed E-state index contributed by atoms with van der Waals surface area (Å²) in [6.07, 6.45) is 4.04. The van der Waals surface area contributed by atoms with E-state index in [4.69, 9.17) is 4.42 Å². The summed E-state index contributed by atoms with van der Waals surface area (Å²) < 4.78 is 28.2. The topological polar surface area (TPSA) is 79.6 Å². The Bertz CT molecular complexity index is 619. The van der Waals surface area contributed by atoms with E-state index in [1.165, 1.54) is 0 Å². The molecule has 128 valence electrons. The van der Waals surface area contributed by atoms with Crippen molar-refractivity contribution in [3.8, 4) is 0 Å². The number of carbonyl (C=O) groups is 1. The summed E-state index contributed by atoms with van der Waals surface area (Å²) in [6.45, 7) is 3.05. The van der Waals surface area contributed by atoms with Crippen LogP contribution in [-0.2, 0) is 21.2 Å². The van der Waals surface area contributed by atoms with Gasteiger partial charge in [-0.2, -0.15) is 0 Å². The lowest BCUT2D eigenvalue weighted by atomic mass is 9.95. The van der Waals surface area contributed by atoms with Crippen molar-refractivity contribution in [3.05, 3.63) is 24.2 Å². The molecular formula is C16H24N2O4S. The van der Waals surface area contributed by atoms with Gasteiger partial charge in [0, 0.05) is 12.5 Å². The fraction of sp³-hybridized carbons (Fsp3) is 0.688. The van der Waals surface area contributed by atoms with E-state index in [1.54, 1.807) is 6.26 Å². The number of likely N-dealkylation sites (tertiary alicyclic amines) is 1. The van der Waals surface area contributed by atoms with Crippen LogP contribution in [0.5, 0.6) is 0 Å². The first-order valence-electron chi connectivity index (χ1n) is 8.25. The Morgan fingerprint density at radius 1 is 1.30 bits per heavy atom. The number of hydrogen-bond donors (Lipinski definition) is 1. The maximum absolute atomic E-state index is 12.2. The first kappa shape index (κ1) is 16.5. The van der Waals surface area contributed by atoms with E-state index in [1.807, 2.05) is 12.1 Å². The van der Waals surface area contributed by atoms with Crippen molar-refractivity contribution in [2.45, 2.75) is 25.8 Å². The van der Waals surface area contributed by atoms with Crippen molar-refractivity contribution in [1.82, 2.24) is 10.2 Å². The average molecular weight is 340 g/mol. The number of piperidine rings is 1. The quantitative estimate of drug-likeness (QED) is 0.866. The van der Waals surface area contributed by atoms with Gasteiger partial charge in [0.1, 0.15) is 5.76 Å². The third-order valence-electron chi connectivity index (χ3n) is 4.81. The number of hydrogen-bond acceptors (Lipinski definition) is 5. The first-order valence-corrected chi connectivity index (χ1v) is 10.1. The summed E-state index contributed by atoms with van der Waals surface area (Å²) >= 11 is 0. The molecule has 1 amide bonds. The first-order chi connectivity index (χ1) is 11.0. The number of nitrogens with one attached hydrogen (secondary N) is 1. The van der Waals surface area contributed by atoms with Crippen molar-refractivity contribution in [2.75, 3.05) is 31.1 Å². The smallest absolute Gasteiger partial charge is 0.223 e. The fourth-order valence-electron chi connectivity index (χ4n) is 3.40. The second kappa shape index (κ2) is 7.05. The molecule has 1 aromatic heterocycles. The lowest BCUT2D eigenvalue weighted by Gasteiger charge is -2.30. The van der Waals surface area contributed by atoms with E-state index in [0.717, 1.165) is 38.2 Å². The highest BCUT2D eigenvalue weighted by Gasteiger charge is 2.30. The number of sulfone groups is 1. The predicted molar refractivity (Wildman–Crippen MR) is 86.5 cm³/mol. The summed E-state index contributed by atoms with van der Waals surface area (Å²) in [4.78, 5) is 14.5. The maximum atomic E-state index is 12.2. The number of nitrogens with zero attached hydrogens (tertiary/aromatic N) is 1. The second-order valence-corrected chi connectivity index (χ2v) is 8.87. The molecule has 0 aliphatic carbocycles. The molecule has 0 bridgehead atoms. The summed E-state index contributed by atoms with van der Waals surface area (Å²) in [6, 6.07) is 3.85. The zero-order valence-corrected chi connectivity index (χ0v) is 14.1. The van der Waals surface area contributed by atoms with Gasteiger partial charge in [0.2, 0.25) is 5.91 Å². The number of amides is 1. The minimum absolute atomic E-state index is 0.0425. The van der Waals surface area contributed by atoms with Crippen molar-refractivity contribution >= 4 is 15.7 Å². The number of rotatable bonds is 5. The summed E-state index contributed by atoms with van der Waals surface area (Å²) in [7, 11) is -2.87. The molecule has 0 saturated carbocycles. The van der Waals surface area contributed by atoms with Crippen molar-refractivity contribution in [2.24, 2.45) is 11.8 Å². The maximum Gasteiger partial charge on any atom is 0.223 e. The minimum Gasteiger partial charge on any atom is -0.468 e. The highest BCUT2D eigenvalue weighted by Crippen LogP contribution is 2.21. The highest BCUT2D eigenvalue weighted by atomic mass is 32.2. The van der Waals surface area contributed by atoms with Crippen LogP contribution in [0.15, 0.2) is 22.8 Å². The zero-order valence-electron chi connectivity index (χ0n) is 13.2. The lowest BCUT2D eigenvalue weighted by molar-refractivity contribution is -0.126. The molecule has 0 aromatic carbocycles. The summed E-state index contributed by atoms with van der Waals surface area (Å²) in [5.74, 6) is 1.64. The largest absolute Gasteiger partial charge is 0.468 e. The van der Waals surface area contributed by atoms with Crippen LogP contribution in [0.3, 0.4) is 0 Å². The van der Waals surface area contributed by atoms with Crippen LogP contribution < -0.4 is 5.32 Å². The molecule has 2 saturated heterocycles. The molecule has 1 N–H and O–H groups in total. The van der Waals surface area contributed by atoms with Gasteiger partial charge in [-0.15, -0.1) is 0 Å². The van der Waals surface area contributed by atoms with Crippen LogP contribution in [0.1, 0.15) is 25.0 Å². The number of furan rings is 1. The van der Waals surface area contributed by atoms with Gasteiger partial charge in [0.25, 0.3) is 0 Å². The van der Waals surface area contributed by atoms with Crippen molar-refractivity contribution in [3.63, 3.8) is 0 Å². The van der Waals surface area contributed by atoms with Gasteiger partial charge >= 0.3 is 0 Å². The molecular weight excluding hydrogens is 316 g/mol. The standard InChI is InChI=1S/C16H24N2O4S/c19-16(17-10-13-5-9-23(20,21)12-13)14-3-6-18(7-4-14)11-15-2-1-8-22-15/h1-2,8,13-14H,3-7,9-12H2,(H,17,19). The van der Waals surface area contributed by atoms with Gasteiger partial charge < -0.3 is 9.73 Å². The average Bonchev–Trinajstić information content (AvgIpc) is 3.15. The van der Waals surface area contributed by atoms with Crippen molar-refractivity contribution in [1.29, 1.82) is 0 Å². The third kappa shape index (κ3) is 4.57. The third-order valence-corrected chi connectivity index (χ3v) is 6.65. The molecule has 3 rings (SSSR count). The monoisotopic (exact) mass is 340 g/mol. The Balaban J connectivity index is 1.38. The summed E-state index contributed by atoms with van der Waals surface area (Å²) in [5.41, 5.74) is 0. The van der Waals surface area contributed by atoms with Crippen LogP contribution in [0, 0.1) is 11.8 Å². The molecule has 3 heterocycles. The van der Waals surface area contributed by atoms with Gasteiger partial charge in [-0.25, -0.2) is 8.42 Å². The Morgan fingerprint density at radius 3 is 2.70 bits per heavy atom. The van der Waals surface area contributed by atoms with Gasteiger partial charge in [0.15, 0.2) is 9.84 Å². The molecule has 7 heteroatoms. The summed E-state index contributed by atoms with van der Waals surface area (Å²) in [5, 5.41) is 2.95. The predicted octanol–water partition coefficient (Wildman–Crippen LogP) is 1.04. The normalized spacial score (nSPS) is 25.5. The lowest BCUT2D eigenvalue weighted by Crippen LogP contribution is -2.41. The molecule has 23 heavy (non-hydrogen) atoms. The molecule has 0 radical (unpaired) electrons. The molecule has 2 aliphatic rings. The molecule has 2 aliphatic heterocycles. The highest BCUT2D eigenvalue weighted by molar-refractivity contribution is 7.91. The molecule has 1 unspecified atom stereocenters. The Labute approximate surface area is 137 Å². The SMILES string of the molecule is O=C(NCC1CCS(=O)(=O)C1)C1CCN(Cc2ccco2)CC1. The molecule has 2 fully saturated rings. The van der Waals surface area contributed by atoms with Crippen molar-refractivity contribution < 1.29 is 17.6 Å². The molecule has 6 nitrogen and oxygen atoms in total.